The van der Waals surface area contributed by atoms with Crippen LogP contribution in [0.4, 0.5) is 5.69 Å². The molecule has 0 aromatic carbocycles. The maximum absolute atomic E-state index is 13.0. The Balaban J connectivity index is 1.52. The van der Waals surface area contributed by atoms with Crippen LogP contribution in [0.5, 0.6) is 0 Å². The van der Waals surface area contributed by atoms with Crippen LogP contribution in [0.1, 0.15) is 39.2 Å². The Kier molecular flexibility index (Phi) is 6.07. The third kappa shape index (κ3) is 4.53. The molecular weight excluding hydrogens is 442 g/mol. The molecule has 0 spiro atoms. The summed E-state index contributed by atoms with van der Waals surface area (Å²) in [4.78, 5) is 29.0. The number of aromatic nitrogens is 3. The van der Waals surface area contributed by atoms with Gasteiger partial charge in [0, 0.05) is 31.2 Å². The van der Waals surface area contributed by atoms with Gasteiger partial charge < -0.3 is 10.6 Å². The Morgan fingerprint density at radius 2 is 1.94 bits per heavy atom. The van der Waals surface area contributed by atoms with Gasteiger partial charge in [-0.25, -0.2) is 13.1 Å². The summed E-state index contributed by atoms with van der Waals surface area (Å²) in [5.74, 6) is 1.05. The number of sulfone groups is 1. The van der Waals surface area contributed by atoms with E-state index in [9.17, 15) is 18.0 Å². The molecule has 3 fully saturated rings. The van der Waals surface area contributed by atoms with E-state index in [-0.39, 0.29) is 29.7 Å². The van der Waals surface area contributed by atoms with Crippen molar-refractivity contribution in [2.75, 3.05) is 11.6 Å². The second-order valence-corrected chi connectivity index (χ2v) is 11.9. The topological polar surface area (TPSA) is 123 Å². The number of anilines is 1. The van der Waals surface area contributed by atoms with Crippen LogP contribution in [0.2, 0.25) is 0 Å². The molecule has 9 nitrogen and oxygen atoms in total. The van der Waals surface area contributed by atoms with E-state index in [1.807, 2.05) is 0 Å². The summed E-state index contributed by atoms with van der Waals surface area (Å²) in [7, 11) is -3.85. The lowest BCUT2D eigenvalue weighted by atomic mass is 9.45. The van der Waals surface area contributed by atoms with E-state index in [1.165, 1.54) is 12.6 Å². The second-order valence-electron chi connectivity index (χ2n) is 9.96. The van der Waals surface area contributed by atoms with E-state index in [2.05, 4.69) is 41.5 Å². The van der Waals surface area contributed by atoms with Gasteiger partial charge in [0.25, 0.3) is 5.56 Å². The molecule has 0 saturated heterocycles. The minimum absolute atomic E-state index is 0.0722. The van der Waals surface area contributed by atoms with E-state index in [4.69, 9.17) is 0 Å². The quantitative estimate of drug-likeness (QED) is 0.629. The van der Waals surface area contributed by atoms with Crippen LogP contribution >= 0.6 is 0 Å². The van der Waals surface area contributed by atoms with Crippen LogP contribution in [-0.4, -0.2) is 41.4 Å². The molecule has 5 rings (SSSR count). The fourth-order valence-electron chi connectivity index (χ4n) is 5.48. The summed E-state index contributed by atoms with van der Waals surface area (Å²) in [6.45, 7) is 6.67. The molecule has 10 heteroatoms. The van der Waals surface area contributed by atoms with Crippen molar-refractivity contribution in [1.29, 1.82) is 0 Å². The predicted octanol–water partition coefficient (Wildman–Crippen LogP) is 1.84. The van der Waals surface area contributed by atoms with Crippen LogP contribution in [0.15, 0.2) is 40.4 Å². The number of carbonyl (C=O) groups is 1. The highest BCUT2D eigenvalue weighted by molar-refractivity contribution is 7.90. The van der Waals surface area contributed by atoms with E-state index in [0.717, 1.165) is 22.9 Å². The van der Waals surface area contributed by atoms with Gasteiger partial charge in [0.2, 0.25) is 5.91 Å². The van der Waals surface area contributed by atoms with Gasteiger partial charge in [-0.3, -0.25) is 14.6 Å². The first-order valence-electron chi connectivity index (χ1n) is 11.2. The summed E-state index contributed by atoms with van der Waals surface area (Å²) < 4.78 is 26.0. The zero-order chi connectivity index (χ0) is 24.0. The van der Waals surface area contributed by atoms with E-state index in [1.54, 1.807) is 24.5 Å². The average Bonchev–Trinajstić information content (AvgIpc) is 2.75. The van der Waals surface area contributed by atoms with Crippen molar-refractivity contribution in [3.63, 3.8) is 0 Å². The maximum atomic E-state index is 13.0. The third-order valence-electron chi connectivity index (χ3n) is 7.60. The van der Waals surface area contributed by atoms with Gasteiger partial charge in [-0.05, 0) is 53.7 Å². The summed E-state index contributed by atoms with van der Waals surface area (Å²) in [6.07, 6.45) is 7.72. The lowest BCUT2D eigenvalue weighted by Gasteiger charge is -2.62. The lowest BCUT2D eigenvalue weighted by Crippen LogP contribution is -2.58. The largest absolute Gasteiger partial charge is 0.379 e. The molecule has 2 heterocycles. The third-order valence-corrected chi connectivity index (χ3v) is 8.73. The number of fused-ring (bicyclic) bond motifs is 2. The van der Waals surface area contributed by atoms with Crippen molar-refractivity contribution >= 4 is 21.4 Å². The summed E-state index contributed by atoms with van der Waals surface area (Å²) in [5, 5.41) is 10.1. The fraction of sp³-hybridized carbons (Fsp3) is 0.565. The molecule has 0 radical (unpaired) electrons. The molecule has 1 amide bonds. The van der Waals surface area contributed by atoms with Gasteiger partial charge in [0.15, 0.2) is 14.7 Å². The summed E-state index contributed by atoms with van der Waals surface area (Å²) in [6, 6.07) is 3.61. The van der Waals surface area contributed by atoms with Gasteiger partial charge in [-0.2, -0.15) is 5.10 Å². The second kappa shape index (κ2) is 8.55. The molecule has 0 unspecified atom stereocenters. The van der Waals surface area contributed by atoms with Gasteiger partial charge in [-0.15, -0.1) is 0 Å². The molecule has 3 saturated carbocycles. The van der Waals surface area contributed by atoms with Crippen molar-refractivity contribution < 1.29 is 13.2 Å². The van der Waals surface area contributed by atoms with E-state index in [0.29, 0.717) is 23.2 Å². The molecule has 0 aliphatic heterocycles. The number of rotatable bonds is 7. The predicted molar refractivity (Wildman–Crippen MR) is 124 cm³/mol. The lowest BCUT2D eigenvalue weighted by molar-refractivity contribution is -0.122. The van der Waals surface area contributed by atoms with Crippen molar-refractivity contribution in [1.82, 2.24) is 20.1 Å². The van der Waals surface area contributed by atoms with E-state index >= 15 is 0 Å². The standard InChI is InChI=1S/C23H31N5O4S/c1-14-17-9-16(23(17,2)3)10-18(14)27-19-12-26-28(22(30)21(19)33(4,31)32)13-20(29)25-11-15-5-7-24-8-6-15/h5-8,12,14,16-18,27H,9-11,13H2,1-4H3,(H,25,29)/t14-,16+,17+,18+/m0/s1. The van der Waals surface area contributed by atoms with Crippen molar-refractivity contribution in [2.45, 2.75) is 57.6 Å². The van der Waals surface area contributed by atoms with Gasteiger partial charge >= 0.3 is 0 Å². The number of carbonyl (C=O) groups excluding carboxylic acids is 1. The van der Waals surface area contributed by atoms with Crippen LogP contribution in [0.3, 0.4) is 0 Å². The van der Waals surface area contributed by atoms with Crippen LogP contribution < -0.4 is 16.2 Å². The smallest absolute Gasteiger partial charge is 0.288 e. The molecule has 2 aromatic rings. The normalized spacial score (nSPS) is 25.7. The number of hydrogen-bond donors (Lipinski definition) is 2. The molecule has 178 valence electrons. The zero-order valence-electron chi connectivity index (χ0n) is 19.4. The first-order valence-corrected chi connectivity index (χ1v) is 13.1. The molecule has 4 atom stereocenters. The SMILES string of the molecule is C[C@H]1[C@H]2C[C@H](C[C@H]1Nc1cnn(CC(=O)NCc3ccncc3)c(=O)c1S(C)(=O)=O)C2(C)C. The zero-order valence-corrected chi connectivity index (χ0v) is 20.2. The summed E-state index contributed by atoms with van der Waals surface area (Å²) >= 11 is 0. The molecule has 3 aliphatic rings. The van der Waals surface area contributed by atoms with Crippen LogP contribution in [0, 0.1) is 23.2 Å². The highest BCUT2D eigenvalue weighted by atomic mass is 32.2. The van der Waals surface area contributed by atoms with Crippen LogP contribution in [-0.2, 0) is 27.7 Å². The van der Waals surface area contributed by atoms with Crippen LogP contribution in [0.25, 0.3) is 0 Å². The highest BCUT2D eigenvalue weighted by Gasteiger charge is 2.56. The first kappa shape index (κ1) is 23.4. The molecule has 3 aliphatic carbocycles. The Labute approximate surface area is 193 Å². The van der Waals surface area contributed by atoms with Gasteiger partial charge in [-0.1, -0.05) is 20.8 Å². The highest BCUT2D eigenvalue weighted by Crippen LogP contribution is 2.61. The summed E-state index contributed by atoms with van der Waals surface area (Å²) in [5.41, 5.74) is 0.572. The Bertz CT molecular complexity index is 1210. The van der Waals surface area contributed by atoms with Crippen molar-refractivity contribution in [3.05, 3.63) is 46.6 Å². The fourth-order valence-corrected chi connectivity index (χ4v) is 6.41. The number of nitrogens with zero attached hydrogens (tertiary/aromatic N) is 3. The Morgan fingerprint density at radius 3 is 2.55 bits per heavy atom. The molecule has 2 bridgehead atoms. The average molecular weight is 474 g/mol. The van der Waals surface area contributed by atoms with Gasteiger partial charge in [0.1, 0.15) is 6.54 Å². The number of pyridine rings is 1. The molecule has 2 N–H and O–H groups in total. The number of hydrogen-bond acceptors (Lipinski definition) is 7. The van der Waals surface area contributed by atoms with Crippen molar-refractivity contribution in [3.8, 4) is 0 Å². The molecule has 33 heavy (non-hydrogen) atoms. The monoisotopic (exact) mass is 473 g/mol. The van der Waals surface area contributed by atoms with Gasteiger partial charge in [0.05, 0.1) is 11.9 Å². The van der Waals surface area contributed by atoms with E-state index < -0.39 is 21.3 Å². The minimum atomic E-state index is -3.85. The maximum Gasteiger partial charge on any atom is 0.288 e. The van der Waals surface area contributed by atoms with Crippen molar-refractivity contribution in [2.24, 2.45) is 23.2 Å². The number of nitrogens with one attached hydrogen (secondary N) is 2. The minimum Gasteiger partial charge on any atom is -0.379 e. The molecular formula is C23H31N5O4S. The molecule has 2 aromatic heterocycles. The Hall–Kier alpha value is -2.75. The Morgan fingerprint density at radius 1 is 1.24 bits per heavy atom. The first-order chi connectivity index (χ1) is 15.5. The number of amides is 1.